The zero-order valence-electron chi connectivity index (χ0n) is 10.1. The van der Waals surface area contributed by atoms with Gasteiger partial charge >= 0.3 is 5.97 Å². The molecule has 92 valence electrons. The molecule has 0 radical (unpaired) electrons. The number of rotatable bonds is 3. The summed E-state index contributed by atoms with van der Waals surface area (Å²) in [6.45, 7) is 3.38. The van der Waals surface area contributed by atoms with Gasteiger partial charge in [0.15, 0.2) is 11.5 Å². The summed E-state index contributed by atoms with van der Waals surface area (Å²) >= 11 is 0. The molecule has 0 N–H and O–H groups in total. The van der Waals surface area contributed by atoms with E-state index in [2.05, 4.69) is 14.7 Å². The molecule has 1 fully saturated rings. The Balaban J connectivity index is 2.20. The maximum Gasteiger partial charge on any atom is 0.360 e. The van der Waals surface area contributed by atoms with Crippen LogP contribution in [0.4, 0.5) is 5.82 Å². The number of hydrogen-bond acceptors (Lipinski definition) is 6. The largest absolute Gasteiger partial charge is 0.464 e. The minimum Gasteiger partial charge on any atom is -0.464 e. The molecule has 0 unspecified atom stereocenters. The summed E-state index contributed by atoms with van der Waals surface area (Å²) in [4.78, 5) is 21.7. The highest BCUT2D eigenvalue weighted by molar-refractivity contribution is 5.92. The third kappa shape index (κ3) is 2.08. The highest BCUT2D eigenvalue weighted by Crippen LogP contribution is 2.29. The number of anilines is 1. The molecule has 0 bridgehead atoms. The molecule has 1 aromatic rings. The second kappa shape index (κ2) is 4.29. The normalized spacial score (nSPS) is 17.5. The summed E-state index contributed by atoms with van der Waals surface area (Å²) in [7, 11) is 3.01. The van der Waals surface area contributed by atoms with Crippen LogP contribution in [0.15, 0.2) is 12.4 Å². The summed E-state index contributed by atoms with van der Waals surface area (Å²) in [5.41, 5.74) is 0.0680. The molecule has 1 aliphatic rings. The molecule has 1 saturated heterocycles. The Labute approximate surface area is 99.6 Å². The summed E-state index contributed by atoms with van der Waals surface area (Å²) in [5.74, 6) is 0.0768. The number of methoxy groups -OCH3 is 2. The molecular weight excluding hydrogens is 222 g/mol. The van der Waals surface area contributed by atoms with E-state index in [0.717, 1.165) is 0 Å². The maximum atomic E-state index is 11.5. The van der Waals surface area contributed by atoms with Crippen molar-refractivity contribution in [3.8, 4) is 0 Å². The van der Waals surface area contributed by atoms with Gasteiger partial charge in [0.05, 0.1) is 25.8 Å². The molecule has 0 saturated carbocycles. The summed E-state index contributed by atoms with van der Waals surface area (Å²) in [6.07, 6.45) is 3.04. The fourth-order valence-corrected chi connectivity index (χ4v) is 1.84. The zero-order chi connectivity index (χ0) is 12.5. The van der Waals surface area contributed by atoms with Crippen LogP contribution in [0, 0.1) is 0 Å². The lowest BCUT2D eigenvalue weighted by atomic mass is 9.96. The topological polar surface area (TPSA) is 64.5 Å². The van der Waals surface area contributed by atoms with Gasteiger partial charge in [-0.2, -0.15) is 0 Å². The molecule has 6 nitrogen and oxygen atoms in total. The number of hydrogen-bond donors (Lipinski definition) is 0. The van der Waals surface area contributed by atoms with Crippen LogP contribution in [0.25, 0.3) is 0 Å². The molecule has 2 heterocycles. The molecule has 0 atom stereocenters. The number of nitrogens with zero attached hydrogens (tertiary/aromatic N) is 3. The predicted molar refractivity (Wildman–Crippen MR) is 61.0 cm³/mol. The van der Waals surface area contributed by atoms with Crippen LogP contribution in [-0.2, 0) is 9.47 Å². The fourth-order valence-electron chi connectivity index (χ4n) is 1.84. The third-order valence-electron chi connectivity index (χ3n) is 2.90. The van der Waals surface area contributed by atoms with Crippen LogP contribution in [0.1, 0.15) is 17.4 Å². The molecule has 0 amide bonds. The first-order chi connectivity index (χ1) is 8.09. The zero-order valence-corrected chi connectivity index (χ0v) is 10.1. The molecule has 0 aromatic carbocycles. The lowest BCUT2D eigenvalue weighted by molar-refractivity contribution is -0.0173. The van der Waals surface area contributed by atoms with Crippen molar-refractivity contribution in [2.24, 2.45) is 0 Å². The molecule has 6 heteroatoms. The van der Waals surface area contributed by atoms with Gasteiger partial charge in [-0.05, 0) is 6.92 Å². The SMILES string of the molecule is COC(=O)c1nccnc1N1CC(C)(OC)C1. The smallest absolute Gasteiger partial charge is 0.360 e. The van der Waals surface area contributed by atoms with Crippen molar-refractivity contribution in [2.75, 3.05) is 32.2 Å². The van der Waals surface area contributed by atoms with E-state index in [1.165, 1.54) is 13.3 Å². The number of carbonyl (C=O) groups excluding carboxylic acids is 1. The van der Waals surface area contributed by atoms with Crippen LogP contribution in [0.2, 0.25) is 0 Å². The third-order valence-corrected chi connectivity index (χ3v) is 2.90. The van der Waals surface area contributed by atoms with E-state index in [1.54, 1.807) is 13.3 Å². The van der Waals surface area contributed by atoms with Gasteiger partial charge < -0.3 is 14.4 Å². The van der Waals surface area contributed by atoms with Gasteiger partial charge in [0, 0.05) is 19.5 Å². The first kappa shape index (κ1) is 11.8. The Morgan fingerprint density at radius 2 is 2.00 bits per heavy atom. The Hall–Kier alpha value is -1.69. The van der Waals surface area contributed by atoms with Crippen LogP contribution in [0.3, 0.4) is 0 Å². The van der Waals surface area contributed by atoms with Gasteiger partial charge in [-0.25, -0.2) is 14.8 Å². The van der Waals surface area contributed by atoms with E-state index in [4.69, 9.17) is 4.74 Å². The van der Waals surface area contributed by atoms with E-state index < -0.39 is 5.97 Å². The van der Waals surface area contributed by atoms with Crippen molar-refractivity contribution in [3.63, 3.8) is 0 Å². The van der Waals surface area contributed by atoms with Crippen LogP contribution in [-0.4, -0.2) is 48.8 Å². The average Bonchev–Trinajstić information content (AvgIpc) is 2.34. The minimum absolute atomic E-state index is 0.176. The van der Waals surface area contributed by atoms with Gasteiger partial charge in [0.2, 0.25) is 0 Å². The Kier molecular flexibility index (Phi) is 2.97. The standard InChI is InChI=1S/C11H15N3O3/c1-11(17-3)6-14(7-11)9-8(10(15)16-2)12-4-5-13-9/h4-5H,6-7H2,1-3H3. The van der Waals surface area contributed by atoms with Crippen LogP contribution in [0.5, 0.6) is 0 Å². The lowest BCUT2D eigenvalue weighted by Crippen LogP contribution is -2.61. The van der Waals surface area contributed by atoms with Crippen LogP contribution >= 0.6 is 0 Å². The summed E-state index contributed by atoms with van der Waals surface area (Å²) in [6, 6.07) is 0. The van der Waals surface area contributed by atoms with Crippen molar-refractivity contribution < 1.29 is 14.3 Å². The number of ether oxygens (including phenoxy) is 2. The molecule has 1 aliphatic heterocycles. The van der Waals surface area contributed by atoms with Gasteiger partial charge in [-0.3, -0.25) is 0 Å². The van der Waals surface area contributed by atoms with E-state index in [0.29, 0.717) is 18.9 Å². The highest BCUT2D eigenvalue weighted by Gasteiger charge is 2.41. The highest BCUT2D eigenvalue weighted by atomic mass is 16.5. The van der Waals surface area contributed by atoms with Crippen molar-refractivity contribution in [1.29, 1.82) is 0 Å². The van der Waals surface area contributed by atoms with Gasteiger partial charge in [0.25, 0.3) is 0 Å². The minimum atomic E-state index is -0.473. The Morgan fingerprint density at radius 1 is 1.35 bits per heavy atom. The first-order valence-corrected chi connectivity index (χ1v) is 5.29. The maximum absolute atomic E-state index is 11.5. The summed E-state index contributed by atoms with van der Waals surface area (Å²) < 4.78 is 10.0. The van der Waals surface area contributed by atoms with E-state index in [-0.39, 0.29) is 11.3 Å². The fraction of sp³-hybridized carbons (Fsp3) is 0.545. The van der Waals surface area contributed by atoms with E-state index in [1.807, 2.05) is 11.8 Å². The van der Waals surface area contributed by atoms with Gasteiger partial charge in [-0.15, -0.1) is 0 Å². The van der Waals surface area contributed by atoms with Crippen molar-refractivity contribution >= 4 is 11.8 Å². The van der Waals surface area contributed by atoms with Crippen molar-refractivity contribution in [1.82, 2.24) is 9.97 Å². The number of aromatic nitrogens is 2. The quantitative estimate of drug-likeness (QED) is 0.713. The number of carbonyl (C=O) groups is 1. The van der Waals surface area contributed by atoms with Crippen LogP contribution < -0.4 is 4.90 Å². The molecule has 2 rings (SSSR count). The van der Waals surface area contributed by atoms with Crippen molar-refractivity contribution in [2.45, 2.75) is 12.5 Å². The molecule has 0 spiro atoms. The first-order valence-electron chi connectivity index (χ1n) is 5.29. The Morgan fingerprint density at radius 3 is 2.59 bits per heavy atom. The average molecular weight is 237 g/mol. The predicted octanol–water partition coefficient (Wildman–Crippen LogP) is 0.488. The molecule has 0 aliphatic carbocycles. The second-order valence-electron chi connectivity index (χ2n) is 4.23. The lowest BCUT2D eigenvalue weighted by Gasteiger charge is -2.47. The number of esters is 1. The molecular formula is C11H15N3O3. The molecule has 1 aromatic heterocycles. The summed E-state index contributed by atoms with van der Waals surface area (Å²) in [5, 5.41) is 0. The van der Waals surface area contributed by atoms with Gasteiger partial charge in [0.1, 0.15) is 0 Å². The second-order valence-corrected chi connectivity index (χ2v) is 4.23. The Bertz CT molecular complexity index is 430. The monoisotopic (exact) mass is 237 g/mol. The molecule has 17 heavy (non-hydrogen) atoms. The van der Waals surface area contributed by atoms with E-state index in [9.17, 15) is 4.79 Å². The van der Waals surface area contributed by atoms with E-state index >= 15 is 0 Å². The van der Waals surface area contributed by atoms with Crippen molar-refractivity contribution in [3.05, 3.63) is 18.1 Å². The van der Waals surface area contributed by atoms with Gasteiger partial charge in [-0.1, -0.05) is 0 Å².